The number of rotatable bonds is 7. The van der Waals surface area contributed by atoms with Gasteiger partial charge in [0, 0.05) is 0 Å². The summed E-state index contributed by atoms with van der Waals surface area (Å²) in [7, 11) is 0. The fourth-order valence-corrected chi connectivity index (χ4v) is 2.16. The largest absolute Gasteiger partial charge is 0.483 e. The minimum atomic E-state index is -0.266. The van der Waals surface area contributed by atoms with E-state index in [-0.39, 0.29) is 12.5 Å². The molecule has 0 bridgehead atoms. The van der Waals surface area contributed by atoms with Gasteiger partial charge in [-0.2, -0.15) is 5.10 Å². The van der Waals surface area contributed by atoms with Crippen LogP contribution >= 0.6 is 0 Å². The first kappa shape index (κ1) is 16.7. The lowest BCUT2D eigenvalue weighted by Gasteiger charge is -2.09. The molecule has 0 aliphatic carbocycles. The number of amides is 1. The van der Waals surface area contributed by atoms with Crippen molar-refractivity contribution < 1.29 is 9.53 Å². The van der Waals surface area contributed by atoms with Gasteiger partial charge in [-0.05, 0) is 30.5 Å². The number of nitrogens with zero attached hydrogens (tertiary/aromatic N) is 1. The molecule has 2 rings (SSSR count). The van der Waals surface area contributed by atoms with Crippen LogP contribution in [0.5, 0.6) is 5.75 Å². The van der Waals surface area contributed by atoms with Crippen molar-refractivity contribution in [2.75, 3.05) is 6.61 Å². The van der Waals surface area contributed by atoms with Crippen LogP contribution in [0.3, 0.4) is 0 Å². The zero-order valence-corrected chi connectivity index (χ0v) is 13.6. The Morgan fingerprint density at radius 1 is 1.09 bits per heavy atom. The van der Waals surface area contributed by atoms with Crippen LogP contribution in [0.25, 0.3) is 0 Å². The van der Waals surface area contributed by atoms with Crippen molar-refractivity contribution in [3.63, 3.8) is 0 Å². The summed E-state index contributed by atoms with van der Waals surface area (Å²) in [5, 5.41) is 4.26. The molecule has 4 heteroatoms. The molecule has 0 fully saturated rings. The summed E-state index contributed by atoms with van der Waals surface area (Å²) in [6.07, 6.45) is 1.77. The smallest absolute Gasteiger partial charge is 0.277 e. The van der Waals surface area contributed by atoms with Crippen molar-refractivity contribution in [1.29, 1.82) is 0 Å². The number of nitrogens with one attached hydrogen (secondary N) is 1. The molecule has 0 aliphatic heterocycles. The third-order valence-electron chi connectivity index (χ3n) is 3.36. The highest BCUT2D eigenvalue weighted by molar-refractivity contribution is 6.01. The number of para-hydroxylation sites is 1. The van der Waals surface area contributed by atoms with Crippen LogP contribution in [0, 0.1) is 6.92 Å². The summed E-state index contributed by atoms with van der Waals surface area (Å²) in [4.78, 5) is 11.9. The zero-order chi connectivity index (χ0) is 16.5. The summed E-state index contributed by atoms with van der Waals surface area (Å²) in [6.45, 7) is 3.98. The number of hydrogen-bond acceptors (Lipinski definition) is 3. The van der Waals surface area contributed by atoms with Crippen LogP contribution in [0.4, 0.5) is 0 Å². The molecule has 0 aromatic heterocycles. The number of carbonyl (C=O) groups excluding carboxylic acids is 1. The minimum Gasteiger partial charge on any atom is -0.483 e. The molecule has 2 aromatic carbocycles. The number of hydrogen-bond donors (Lipinski definition) is 1. The molecular weight excluding hydrogens is 288 g/mol. The predicted octanol–water partition coefficient (Wildman–Crippen LogP) is 3.69. The first-order valence-electron chi connectivity index (χ1n) is 7.80. The van der Waals surface area contributed by atoms with Gasteiger partial charge in [0.15, 0.2) is 6.61 Å². The molecule has 2 aromatic rings. The minimum absolute atomic E-state index is 0.0530. The summed E-state index contributed by atoms with van der Waals surface area (Å²) in [6, 6.07) is 17.5. The van der Waals surface area contributed by atoms with Crippen LogP contribution in [0.2, 0.25) is 0 Å². The molecule has 0 heterocycles. The Morgan fingerprint density at radius 2 is 1.78 bits per heavy atom. The van der Waals surface area contributed by atoms with Crippen molar-refractivity contribution >= 4 is 11.6 Å². The van der Waals surface area contributed by atoms with E-state index in [0.29, 0.717) is 5.75 Å². The fourth-order valence-electron chi connectivity index (χ4n) is 2.16. The SMILES string of the molecule is CCC/C(=N\NC(=O)COc1ccccc1C)c1ccccc1. The van der Waals surface area contributed by atoms with E-state index in [9.17, 15) is 4.79 Å². The first-order chi connectivity index (χ1) is 11.2. The highest BCUT2D eigenvalue weighted by Crippen LogP contribution is 2.15. The average Bonchev–Trinajstić information content (AvgIpc) is 2.58. The monoisotopic (exact) mass is 310 g/mol. The Morgan fingerprint density at radius 3 is 2.48 bits per heavy atom. The maximum atomic E-state index is 11.9. The van der Waals surface area contributed by atoms with E-state index < -0.39 is 0 Å². The number of ether oxygens (including phenoxy) is 1. The first-order valence-corrected chi connectivity index (χ1v) is 7.80. The molecular formula is C19H22N2O2. The summed E-state index contributed by atoms with van der Waals surface area (Å²) in [5.74, 6) is 0.446. The second-order valence-electron chi connectivity index (χ2n) is 5.26. The van der Waals surface area contributed by atoms with Gasteiger partial charge in [-0.1, -0.05) is 61.9 Å². The van der Waals surface area contributed by atoms with E-state index in [1.54, 1.807) is 0 Å². The maximum Gasteiger partial charge on any atom is 0.277 e. The maximum absolute atomic E-state index is 11.9. The Hall–Kier alpha value is -2.62. The molecule has 23 heavy (non-hydrogen) atoms. The van der Waals surface area contributed by atoms with E-state index in [2.05, 4.69) is 17.5 Å². The van der Waals surface area contributed by atoms with Crippen molar-refractivity contribution in [2.45, 2.75) is 26.7 Å². The molecule has 1 N–H and O–H groups in total. The summed E-state index contributed by atoms with van der Waals surface area (Å²) >= 11 is 0. The quantitative estimate of drug-likeness (QED) is 0.626. The highest BCUT2D eigenvalue weighted by Gasteiger charge is 2.06. The Bertz CT molecular complexity index is 666. The van der Waals surface area contributed by atoms with E-state index in [1.807, 2.05) is 61.5 Å². The highest BCUT2D eigenvalue weighted by atomic mass is 16.5. The fraction of sp³-hybridized carbons (Fsp3) is 0.263. The third-order valence-corrected chi connectivity index (χ3v) is 3.36. The predicted molar refractivity (Wildman–Crippen MR) is 92.7 cm³/mol. The van der Waals surface area contributed by atoms with E-state index in [4.69, 9.17) is 4.74 Å². The van der Waals surface area contributed by atoms with Gasteiger partial charge in [0.1, 0.15) is 5.75 Å². The number of aryl methyl sites for hydroxylation is 1. The zero-order valence-electron chi connectivity index (χ0n) is 13.6. The average molecular weight is 310 g/mol. The van der Waals surface area contributed by atoms with Crippen LogP contribution < -0.4 is 10.2 Å². The molecule has 0 radical (unpaired) electrons. The van der Waals surface area contributed by atoms with Crippen LogP contribution in [0.1, 0.15) is 30.9 Å². The van der Waals surface area contributed by atoms with Gasteiger partial charge < -0.3 is 4.74 Å². The Labute approximate surface area is 137 Å². The van der Waals surface area contributed by atoms with Gasteiger partial charge >= 0.3 is 0 Å². The van der Waals surface area contributed by atoms with Gasteiger partial charge in [0.2, 0.25) is 0 Å². The second-order valence-corrected chi connectivity index (χ2v) is 5.26. The van der Waals surface area contributed by atoms with E-state index in [0.717, 1.165) is 29.7 Å². The van der Waals surface area contributed by atoms with E-state index >= 15 is 0 Å². The van der Waals surface area contributed by atoms with Crippen molar-refractivity contribution in [1.82, 2.24) is 5.43 Å². The molecule has 0 atom stereocenters. The van der Waals surface area contributed by atoms with Crippen molar-refractivity contribution in [2.24, 2.45) is 5.10 Å². The van der Waals surface area contributed by atoms with Crippen LogP contribution in [0.15, 0.2) is 59.7 Å². The molecule has 0 saturated carbocycles. The molecule has 0 aliphatic rings. The Balaban J connectivity index is 1.94. The third kappa shape index (κ3) is 5.25. The topological polar surface area (TPSA) is 50.7 Å². The van der Waals surface area contributed by atoms with Gasteiger partial charge in [-0.15, -0.1) is 0 Å². The van der Waals surface area contributed by atoms with Crippen molar-refractivity contribution in [3.05, 3.63) is 65.7 Å². The van der Waals surface area contributed by atoms with Gasteiger partial charge in [-0.3, -0.25) is 4.79 Å². The molecule has 0 spiro atoms. The number of carbonyl (C=O) groups is 1. The van der Waals surface area contributed by atoms with Crippen LogP contribution in [-0.4, -0.2) is 18.2 Å². The van der Waals surface area contributed by atoms with Crippen molar-refractivity contribution in [3.8, 4) is 5.75 Å². The molecule has 120 valence electrons. The molecule has 4 nitrogen and oxygen atoms in total. The lowest BCUT2D eigenvalue weighted by molar-refractivity contribution is -0.123. The molecule has 0 unspecified atom stereocenters. The summed E-state index contributed by atoms with van der Waals surface area (Å²) in [5.41, 5.74) is 5.47. The molecule has 0 saturated heterocycles. The lowest BCUT2D eigenvalue weighted by Crippen LogP contribution is -2.26. The standard InChI is InChI=1S/C19H22N2O2/c1-3-9-17(16-11-5-4-6-12-16)20-21-19(22)14-23-18-13-8-7-10-15(18)2/h4-8,10-13H,3,9,14H2,1-2H3,(H,21,22)/b20-17+. The van der Waals surface area contributed by atoms with E-state index in [1.165, 1.54) is 0 Å². The van der Waals surface area contributed by atoms with Gasteiger partial charge in [0.25, 0.3) is 5.91 Å². The number of hydrazone groups is 1. The number of benzene rings is 2. The lowest BCUT2D eigenvalue weighted by atomic mass is 10.1. The van der Waals surface area contributed by atoms with Gasteiger partial charge in [0.05, 0.1) is 5.71 Å². The second kappa shape index (κ2) is 8.73. The normalized spacial score (nSPS) is 11.1. The van der Waals surface area contributed by atoms with Gasteiger partial charge in [-0.25, -0.2) is 5.43 Å². The molecule has 1 amide bonds. The van der Waals surface area contributed by atoms with Crippen LogP contribution in [-0.2, 0) is 4.79 Å². The Kier molecular flexibility index (Phi) is 6.36. The summed E-state index contributed by atoms with van der Waals surface area (Å²) < 4.78 is 5.52.